The number of rotatable bonds is 3. The van der Waals surface area contributed by atoms with Crippen molar-refractivity contribution in [2.24, 2.45) is 0 Å². The highest BCUT2D eigenvalue weighted by Gasteiger charge is 2.26. The van der Waals surface area contributed by atoms with Gasteiger partial charge in [-0.05, 0) is 18.2 Å². The summed E-state index contributed by atoms with van der Waals surface area (Å²) in [5.41, 5.74) is 0.171. The summed E-state index contributed by atoms with van der Waals surface area (Å²) in [4.78, 5) is 7.29. The Balaban J connectivity index is 2.02. The first kappa shape index (κ1) is 17.4. The molecule has 9 heteroatoms. The predicted molar refractivity (Wildman–Crippen MR) is 94.6 cm³/mol. The van der Waals surface area contributed by atoms with E-state index >= 15 is 0 Å². The monoisotopic (exact) mass is 378 g/mol. The lowest BCUT2D eigenvalue weighted by molar-refractivity contribution is 0.586. The van der Waals surface area contributed by atoms with Crippen molar-refractivity contribution in [3.05, 3.63) is 40.8 Å². The average molecular weight is 378 g/mol. The van der Waals surface area contributed by atoms with E-state index in [2.05, 4.69) is 14.7 Å². The van der Waals surface area contributed by atoms with E-state index in [1.54, 1.807) is 6.07 Å². The fourth-order valence-corrected chi connectivity index (χ4v) is 4.74. The van der Waals surface area contributed by atoms with Crippen LogP contribution in [0.2, 0.25) is 0 Å². The van der Waals surface area contributed by atoms with Gasteiger partial charge in [-0.1, -0.05) is 20.8 Å². The number of hydrogen-bond donors (Lipinski definition) is 2. The fourth-order valence-electron chi connectivity index (χ4n) is 2.17. The molecular formula is C16H15FN4O2S2. The molecule has 3 rings (SSSR count). The Morgan fingerprint density at radius 3 is 2.68 bits per heavy atom. The lowest BCUT2D eigenvalue weighted by atomic mass is 9.98. The molecule has 2 aromatic heterocycles. The van der Waals surface area contributed by atoms with Crippen molar-refractivity contribution in [3.8, 4) is 6.07 Å². The zero-order chi connectivity index (χ0) is 18.4. The number of benzene rings is 1. The molecule has 0 bridgehead atoms. The SMILES string of the molecule is CC(C)(C)c1nc2[nH]cc(S(=O)(=O)Nc3ccc(C#N)cc3F)c2s1. The maximum Gasteiger partial charge on any atom is 0.264 e. The van der Waals surface area contributed by atoms with Crippen molar-refractivity contribution in [1.29, 1.82) is 5.26 Å². The van der Waals surface area contributed by atoms with Gasteiger partial charge in [0.15, 0.2) is 0 Å². The van der Waals surface area contributed by atoms with Crippen LogP contribution in [-0.4, -0.2) is 18.4 Å². The van der Waals surface area contributed by atoms with E-state index in [1.807, 2.05) is 20.8 Å². The number of nitriles is 1. The molecule has 1 aromatic carbocycles. The molecule has 0 saturated carbocycles. The lowest BCUT2D eigenvalue weighted by Gasteiger charge is -2.13. The van der Waals surface area contributed by atoms with Crippen LogP contribution in [0, 0.1) is 17.1 Å². The van der Waals surface area contributed by atoms with E-state index in [4.69, 9.17) is 5.26 Å². The minimum atomic E-state index is -4.00. The van der Waals surface area contributed by atoms with E-state index in [0.29, 0.717) is 10.3 Å². The van der Waals surface area contributed by atoms with E-state index in [9.17, 15) is 12.8 Å². The number of H-pyrrole nitrogens is 1. The molecule has 0 aliphatic rings. The quantitative estimate of drug-likeness (QED) is 0.725. The van der Waals surface area contributed by atoms with Crippen LogP contribution in [0.25, 0.3) is 10.3 Å². The van der Waals surface area contributed by atoms with Gasteiger partial charge < -0.3 is 4.98 Å². The smallest absolute Gasteiger partial charge is 0.264 e. The molecule has 0 aliphatic carbocycles. The fraction of sp³-hybridized carbons (Fsp3) is 0.250. The zero-order valence-electron chi connectivity index (χ0n) is 13.7. The Hall–Kier alpha value is -2.44. The second kappa shape index (κ2) is 5.82. The normalized spacial score (nSPS) is 12.3. The average Bonchev–Trinajstić information content (AvgIpc) is 3.08. The minimum Gasteiger partial charge on any atom is -0.344 e. The number of thiazole rings is 1. The Labute approximate surface area is 148 Å². The van der Waals surface area contributed by atoms with Gasteiger partial charge >= 0.3 is 0 Å². The summed E-state index contributed by atoms with van der Waals surface area (Å²) in [6.07, 6.45) is 1.34. The van der Waals surface area contributed by atoms with Gasteiger partial charge in [-0.3, -0.25) is 4.72 Å². The highest BCUT2D eigenvalue weighted by atomic mass is 32.2. The second-order valence-corrected chi connectivity index (χ2v) is 9.16. The first-order chi connectivity index (χ1) is 11.6. The molecule has 2 N–H and O–H groups in total. The summed E-state index contributed by atoms with van der Waals surface area (Å²) in [5, 5.41) is 9.56. The van der Waals surface area contributed by atoms with Gasteiger partial charge in [-0.2, -0.15) is 5.26 Å². The standard InChI is InChI=1S/C16H15FN4O2S2/c1-16(2,3)15-20-14-13(24-15)12(8-19-14)25(22,23)21-11-5-4-9(7-18)6-10(11)17/h4-6,8,19,21H,1-3H3. The summed E-state index contributed by atoms with van der Waals surface area (Å²) in [5.74, 6) is -0.811. The number of sulfonamides is 1. The molecule has 25 heavy (non-hydrogen) atoms. The van der Waals surface area contributed by atoms with E-state index in [-0.39, 0.29) is 21.6 Å². The zero-order valence-corrected chi connectivity index (χ0v) is 15.3. The number of nitrogens with zero attached hydrogens (tertiary/aromatic N) is 2. The van der Waals surface area contributed by atoms with Crippen LogP contribution in [0.15, 0.2) is 29.3 Å². The Morgan fingerprint density at radius 1 is 1.36 bits per heavy atom. The van der Waals surface area contributed by atoms with Crippen molar-refractivity contribution in [2.45, 2.75) is 31.1 Å². The van der Waals surface area contributed by atoms with Gasteiger partial charge in [0.25, 0.3) is 10.0 Å². The van der Waals surface area contributed by atoms with Crippen LogP contribution in [-0.2, 0) is 15.4 Å². The van der Waals surface area contributed by atoms with Crippen LogP contribution in [0.4, 0.5) is 10.1 Å². The molecule has 3 aromatic rings. The largest absolute Gasteiger partial charge is 0.344 e. The first-order valence-electron chi connectivity index (χ1n) is 7.33. The molecule has 0 fully saturated rings. The van der Waals surface area contributed by atoms with Crippen LogP contribution < -0.4 is 4.72 Å². The highest BCUT2D eigenvalue weighted by molar-refractivity contribution is 7.93. The molecule has 0 amide bonds. The number of hydrogen-bond acceptors (Lipinski definition) is 5. The topological polar surface area (TPSA) is 98.6 Å². The van der Waals surface area contributed by atoms with Crippen LogP contribution in [0.3, 0.4) is 0 Å². The van der Waals surface area contributed by atoms with Gasteiger partial charge in [0.1, 0.15) is 21.4 Å². The molecule has 2 heterocycles. The van der Waals surface area contributed by atoms with Crippen LogP contribution in [0.5, 0.6) is 0 Å². The summed E-state index contributed by atoms with van der Waals surface area (Å²) in [6, 6.07) is 5.35. The summed E-state index contributed by atoms with van der Waals surface area (Å²) in [6.45, 7) is 5.97. The third kappa shape index (κ3) is 3.23. The third-order valence-corrected chi connectivity index (χ3v) is 6.50. The van der Waals surface area contributed by atoms with E-state index in [0.717, 1.165) is 11.1 Å². The summed E-state index contributed by atoms with van der Waals surface area (Å²) >= 11 is 1.29. The minimum absolute atomic E-state index is 0.0132. The predicted octanol–water partition coefficient (Wildman–Crippen LogP) is 3.73. The van der Waals surface area contributed by atoms with Crippen LogP contribution in [0.1, 0.15) is 31.3 Å². The second-order valence-electron chi connectivity index (χ2n) is 6.51. The lowest BCUT2D eigenvalue weighted by Crippen LogP contribution is -2.13. The maximum atomic E-state index is 14.0. The Bertz CT molecular complexity index is 1100. The van der Waals surface area contributed by atoms with Gasteiger partial charge in [0, 0.05) is 11.6 Å². The van der Waals surface area contributed by atoms with Gasteiger partial charge in [0.2, 0.25) is 0 Å². The molecule has 0 spiro atoms. The number of fused-ring (bicyclic) bond motifs is 1. The molecule has 6 nitrogen and oxygen atoms in total. The van der Waals surface area contributed by atoms with Crippen molar-refractivity contribution >= 4 is 37.4 Å². The van der Waals surface area contributed by atoms with Crippen LogP contribution >= 0.6 is 11.3 Å². The Morgan fingerprint density at radius 2 is 2.08 bits per heavy atom. The number of aromatic amines is 1. The number of anilines is 1. The first-order valence-corrected chi connectivity index (χ1v) is 9.62. The number of aromatic nitrogens is 2. The van der Waals surface area contributed by atoms with Crippen molar-refractivity contribution in [3.63, 3.8) is 0 Å². The summed E-state index contributed by atoms with van der Waals surface area (Å²) < 4.78 is 42.0. The molecule has 0 unspecified atom stereocenters. The van der Waals surface area contributed by atoms with Gasteiger partial charge in [0.05, 0.1) is 22.0 Å². The summed E-state index contributed by atoms with van der Waals surface area (Å²) in [7, 11) is -4.00. The van der Waals surface area contributed by atoms with Gasteiger partial charge in [-0.25, -0.2) is 17.8 Å². The van der Waals surface area contributed by atoms with E-state index < -0.39 is 15.8 Å². The molecular weight excluding hydrogens is 363 g/mol. The number of nitrogens with one attached hydrogen (secondary N) is 2. The molecule has 0 aliphatic heterocycles. The van der Waals surface area contributed by atoms with Crippen molar-refractivity contribution in [1.82, 2.24) is 9.97 Å². The maximum absolute atomic E-state index is 14.0. The molecule has 0 atom stereocenters. The molecule has 0 radical (unpaired) electrons. The number of halogens is 1. The molecule has 130 valence electrons. The van der Waals surface area contributed by atoms with Crippen molar-refractivity contribution < 1.29 is 12.8 Å². The van der Waals surface area contributed by atoms with E-state index in [1.165, 1.54) is 29.7 Å². The van der Waals surface area contributed by atoms with Crippen molar-refractivity contribution in [2.75, 3.05) is 4.72 Å². The molecule has 0 saturated heterocycles. The van der Waals surface area contributed by atoms with Gasteiger partial charge in [-0.15, -0.1) is 11.3 Å². The Kier molecular flexibility index (Phi) is 4.05. The highest BCUT2D eigenvalue weighted by Crippen LogP contribution is 2.35. The third-order valence-electron chi connectivity index (χ3n) is 3.46.